The number of aryl methyl sites for hydroxylation is 1. The second-order valence-electron chi connectivity index (χ2n) is 6.37. The third-order valence-corrected chi connectivity index (χ3v) is 6.56. The van der Waals surface area contributed by atoms with Gasteiger partial charge < -0.3 is 10.3 Å². The molecule has 0 aliphatic heterocycles. The van der Waals surface area contributed by atoms with Crippen LogP contribution in [0.2, 0.25) is 0 Å². The van der Waals surface area contributed by atoms with Crippen LogP contribution < -0.4 is 5.73 Å². The molecule has 0 radical (unpaired) electrons. The normalized spacial score (nSPS) is 10.7. The van der Waals surface area contributed by atoms with E-state index >= 15 is 0 Å². The summed E-state index contributed by atoms with van der Waals surface area (Å²) in [6.45, 7) is 1.43. The van der Waals surface area contributed by atoms with E-state index in [0.29, 0.717) is 12.3 Å². The van der Waals surface area contributed by atoms with Gasteiger partial charge in [0.1, 0.15) is 0 Å². The molecule has 3 aromatic rings. The molecule has 2 nitrogen and oxygen atoms in total. The average Bonchev–Trinajstić information content (AvgIpc) is 2.61. The van der Waals surface area contributed by atoms with Gasteiger partial charge in [-0.1, -0.05) is 84.0 Å². The minimum Gasteiger partial charge on any atom is -0.399 e. The van der Waals surface area contributed by atoms with Crippen molar-refractivity contribution >= 4 is 23.4 Å². The SMILES string of the molecule is Cc1cccc(N)c1C.O=P(Cl)(Cc1ccccc1)Cc1ccccc1. The molecule has 0 aromatic heterocycles. The average molecular weight is 386 g/mol. The standard InChI is InChI=1S/C14H14ClOP.C8H11N/c15-17(16,11-13-7-3-1-4-8-13)12-14-9-5-2-6-10-14;1-6-4-3-5-8(9)7(6)2/h1-10H,11-12H2;3-5H,9H2,1-2H3. The number of halogens is 1. The third-order valence-electron chi connectivity index (χ3n) is 4.17. The quantitative estimate of drug-likeness (QED) is 0.397. The van der Waals surface area contributed by atoms with Gasteiger partial charge in [-0.2, -0.15) is 0 Å². The number of nitrogen functional groups attached to an aromatic ring is 1. The highest BCUT2D eigenvalue weighted by atomic mass is 35.7. The van der Waals surface area contributed by atoms with E-state index in [1.165, 1.54) is 11.1 Å². The van der Waals surface area contributed by atoms with Crippen molar-refractivity contribution in [2.75, 3.05) is 5.73 Å². The van der Waals surface area contributed by atoms with Crippen molar-refractivity contribution in [1.82, 2.24) is 0 Å². The molecule has 0 saturated heterocycles. The summed E-state index contributed by atoms with van der Waals surface area (Å²) < 4.78 is 12.3. The number of benzene rings is 3. The summed E-state index contributed by atoms with van der Waals surface area (Å²) in [6, 6.07) is 25.4. The van der Waals surface area contributed by atoms with Crippen molar-refractivity contribution in [3.05, 3.63) is 101 Å². The Morgan fingerprint density at radius 1 is 0.769 bits per heavy atom. The van der Waals surface area contributed by atoms with Crippen molar-refractivity contribution < 1.29 is 4.57 Å². The van der Waals surface area contributed by atoms with E-state index < -0.39 is 6.49 Å². The third kappa shape index (κ3) is 6.71. The van der Waals surface area contributed by atoms with Crippen LogP contribution in [-0.4, -0.2) is 0 Å². The largest absolute Gasteiger partial charge is 0.399 e. The van der Waals surface area contributed by atoms with Gasteiger partial charge in [-0.3, -0.25) is 0 Å². The molecule has 3 aromatic carbocycles. The van der Waals surface area contributed by atoms with Crippen LogP contribution in [0.5, 0.6) is 0 Å². The van der Waals surface area contributed by atoms with Crippen LogP contribution >= 0.6 is 17.7 Å². The van der Waals surface area contributed by atoms with Gasteiger partial charge in [0, 0.05) is 18.0 Å². The first-order chi connectivity index (χ1) is 12.4. The minimum absolute atomic E-state index is 0.449. The molecule has 0 saturated carbocycles. The van der Waals surface area contributed by atoms with Gasteiger partial charge in [0.25, 0.3) is 0 Å². The smallest absolute Gasteiger partial charge is 0.177 e. The Bertz CT molecular complexity index is 800. The Morgan fingerprint density at radius 3 is 1.62 bits per heavy atom. The molecule has 0 fully saturated rings. The number of hydrogen-bond donors (Lipinski definition) is 1. The fourth-order valence-electron chi connectivity index (χ4n) is 2.54. The zero-order valence-electron chi connectivity index (χ0n) is 15.2. The predicted molar refractivity (Wildman–Crippen MR) is 114 cm³/mol. The highest BCUT2D eigenvalue weighted by molar-refractivity contribution is 7.87. The van der Waals surface area contributed by atoms with Crippen molar-refractivity contribution in [2.24, 2.45) is 0 Å². The fourth-order valence-corrected chi connectivity index (χ4v) is 4.99. The van der Waals surface area contributed by atoms with Gasteiger partial charge in [-0.05, 0) is 42.2 Å². The van der Waals surface area contributed by atoms with Crippen LogP contribution in [0.4, 0.5) is 5.69 Å². The van der Waals surface area contributed by atoms with Crippen molar-refractivity contribution in [2.45, 2.75) is 26.2 Å². The summed E-state index contributed by atoms with van der Waals surface area (Å²) >= 11 is 6.16. The van der Waals surface area contributed by atoms with Gasteiger partial charge in [-0.15, -0.1) is 0 Å². The molecule has 0 spiro atoms. The molecule has 2 N–H and O–H groups in total. The lowest BCUT2D eigenvalue weighted by atomic mass is 10.1. The Balaban J connectivity index is 0.000000228. The molecule has 26 heavy (non-hydrogen) atoms. The molecule has 136 valence electrons. The zero-order chi connectivity index (χ0) is 19.0. The van der Waals surface area contributed by atoms with Gasteiger partial charge in [0.05, 0.1) is 0 Å². The Hall–Kier alpha value is -2.02. The maximum atomic E-state index is 12.3. The maximum Gasteiger partial charge on any atom is 0.177 e. The van der Waals surface area contributed by atoms with E-state index in [1.807, 2.05) is 79.7 Å². The number of nitrogens with two attached hydrogens (primary N) is 1. The summed E-state index contributed by atoms with van der Waals surface area (Å²) in [5.41, 5.74) is 11.0. The fraction of sp³-hybridized carbons (Fsp3) is 0.182. The lowest BCUT2D eigenvalue weighted by Gasteiger charge is -2.10. The topological polar surface area (TPSA) is 43.1 Å². The molecule has 0 aliphatic rings. The summed E-state index contributed by atoms with van der Waals surface area (Å²) in [7, 11) is 0. The van der Waals surface area contributed by atoms with Crippen LogP contribution in [0.25, 0.3) is 0 Å². The zero-order valence-corrected chi connectivity index (χ0v) is 16.9. The van der Waals surface area contributed by atoms with Crippen molar-refractivity contribution in [3.63, 3.8) is 0 Å². The first kappa shape index (κ1) is 20.3. The van der Waals surface area contributed by atoms with Crippen LogP contribution in [0.1, 0.15) is 22.3 Å². The second kappa shape index (κ2) is 9.62. The summed E-state index contributed by atoms with van der Waals surface area (Å²) in [5.74, 6) is 0. The molecule has 0 aliphatic carbocycles. The highest BCUT2D eigenvalue weighted by Crippen LogP contribution is 2.56. The predicted octanol–water partition coefficient (Wildman–Crippen LogP) is 6.79. The van der Waals surface area contributed by atoms with E-state index in [-0.39, 0.29) is 0 Å². The maximum absolute atomic E-state index is 12.3. The van der Waals surface area contributed by atoms with Crippen LogP contribution in [-0.2, 0) is 16.9 Å². The molecule has 3 rings (SSSR count). The molecular formula is C22H25ClNOP. The highest BCUT2D eigenvalue weighted by Gasteiger charge is 2.19. The van der Waals surface area contributed by atoms with E-state index in [4.69, 9.17) is 17.0 Å². The Kier molecular flexibility index (Phi) is 7.50. The second-order valence-corrected chi connectivity index (χ2v) is 10.4. The Morgan fingerprint density at radius 2 is 1.23 bits per heavy atom. The monoisotopic (exact) mass is 385 g/mol. The lowest BCUT2D eigenvalue weighted by molar-refractivity contribution is 0.583. The van der Waals surface area contributed by atoms with Crippen LogP contribution in [0, 0.1) is 13.8 Å². The lowest BCUT2D eigenvalue weighted by Crippen LogP contribution is -1.90. The summed E-state index contributed by atoms with van der Waals surface area (Å²) in [5, 5.41) is 0. The van der Waals surface area contributed by atoms with Gasteiger partial charge in [-0.25, -0.2) is 0 Å². The van der Waals surface area contributed by atoms with Crippen molar-refractivity contribution in [3.8, 4) is 0 Å². The van der Waals surface area contributed by atoms with Crippen molar-refractivity contribution in [1.29, 1.82) is 0 Å². The molecule has 0 bridgehead atoms. The Labute approximate surface area is 161 Å². The van der Waals surface area contributed by atoms with Crippen LogP contribution in [0.3, 0.4) is 0 Å². The molecule has 0 amide bonds. The molecule has 0 atom stereocenters. The van der Waals surface area contributed by atoms with Gasteiger partial charge >= 0.3 is 0 Å². The van der Waals surface area contributed by atoms with E-state index in [0.717, 1.165) is 16.8 Å². The molecule has 4 heteroatoms. The molecule has 0 unspecified atom stereocenters. The first-order valence-electron chi connectivity index (χ1n) is 8.55. The summed E-state index contributed by atoms with van der Waals surface area (Å²) in [4.78, 5) is 0. The number of hydrogen-bond acceptors (Lipinski definition) is 2. The molecule has 0 heterocycles. The summed E-state index contributed by atoms with van der Waals surface area (Å²) in [6.07, 6.45) is 0.897. The van der Waals surface area contributed by atoms with E-state index in [1.54, 1.807) is 0 Å². The van der Waals surface area contributed by atoms with Crippen LogP contribution in [0.15, 0.2) is 78.9 Å². The van der Waals surface area contributed by atoms with E-state index in [2.05, 4.69) is 13.0 Å². The number of anilines is 1. The van der Waals surface area contributed by atoms with Gasteiger partial charge in [0.15, 0.2) is 6.49 Å². The minimum atomic E-state index is -2.66. The van der Waals surface area contributed by atoms with E-state index in [9.17, 15) is 4.57 Å². The van der Waals surface area contributed by atoms with Gasteiger partial charge in [0.2, 0.25) is 0 Å². The number of rotatable bonds is 4. The first-order valence-corrected chi connectivity index (χ1v) is 11.5. The molecular weight excluding hydrogens is 361 g/mol.